The maximum atomic E-state index is 13.2. The third-order valence-electron chi connectivity index (χ3n) is 3.92. The molecule has 0 bridgehead atoms. The largest absolute Gasteiger partial charge is 0.345 e. The van der Waals surface area contributed by atoms with Crippen LogP contribution < -0.4 is 0 Å². The molecule has 1 aromatic rings. The second-order valence-electron chi connectivity index (χ2n) is 5.46. The topological polar surface area (TPSA) is 59.2 Å². The summed E-state index contributed by atoms with van der Waals surface area (Å²) >= 11 is 0. The minimum atomic E-state index is -2.62. The van der Waals surface area contributed by atoms with Gasteiger partial charge in [-0.2, -0.15) is 4.98 Å². The number of likely N-dealkylation sites (N-methyl/N-ethyl adjacent to an activating group) is 1. The van der Waals surface area contributed by atoms with Crippen molar-refractivity contribution in [1.29, 1.82) is 0 Å². The van der Waals surface area contributed by atoms with Crippen LogP contribution in [0.5, 0.6) is 0 Å². The van der Waals surface area contributed by atoms with Gasteiger partial charge in [0.05, 0.1) is 5.92 Å². The molecule has 1 aromatic heterocycles. The summed E-state index contributed by atoms with van der Waals surface area (Å²) in [6, 6.07) is 0. The van der Waals surface area contributed by atoms with Gasteiger partial charge in [-0.3, -0.25) is 4.79 Å². The Hall–Kier alpha value is -1.53. The zero-order valence-corrected chi connectivity index (χ0v) is 10.6. The Morgan fingerprint density at radius 2 is 2.21 bits per heavy atom. The van der Waals surface area contributed by atoms with Gasteiger partial charge in [-0.15, -0.1) is 0 Å². The molecule has 1 aliphatic carbocycles. The van der Waals surface area contributed by atoms with Gasteiger partial charge in [0.1, 0.15) is 0 Å². The highest BCUT2D eigenvalue weighted by molar-refractivity contribution is 5.79. The molecule has 19 heavy (non-hydrogen) atoms. The number of rotatable bonds is 2. The number of carbonyl (C=O) groups is 1. The minimum absolute atomic E-state index is 0.0390. The van der Waals surface area contributed by atoms with E-state index in [1.54, 1.807) is 11.9 Å². The highest BCUT2D eigenvalue weighted by Gasteiger charge is 2.42. The van der Waals surface area contributed by atoms with Crippen LogP contribution in [-0.4, -0.2) is 40.5 Å². The maximum absolute atomic E-state index is 13.2. The van der Waals surface area contributed by atoms with Crippen LogP contribution in [0.4, 0.5) is 8.78 Å². The molecule has 0 spiro atoms. The number of nitrogens with zero attached hydrogens (tertiary/aromatic N) is 3. The number of amides is 1. The SMILES string of the molecule is CN1CC(c2nc(C3CCC(F)(F)C3)no2)CC1=O. The summed E-state index contributed by atoms with van der Waals surface area (Å²) in [5, 5.41) is 3.81. The lowest BCUT2D eigenvalue weighted by Gasteiger charge is -2.07. The van der Waals surface area contributed by atoms with Gasteiger partial charge in [0.25, 0.3) is 0 Å². The van der Waals surface area contributed by atoms with Gasteiger partial charge in [0.2, 0.25) is 17.7 Å². The van der Waals surface area contributed by atoms with Crippen LogP contribution in [0.3, 0.4) is 0 Å². The van der Waals surface area contributed by atoms with Crippen LogP contribution in [0, 0.1) is 0 Å². The van der Waals surface area contributed by atoms with Crippen molar-refractivity contribution in [3.05, 3.63) is 11.7 Å². The quantitative estimate of drug-likeness (QED) is 0.824. The molecule has 1 aliphatic heterocycles. The van der Waals surface area contributed by atoms with E-state index in [2.05, 4.69) is 10.1 Å². The fourth-order valence-electron chi connectivity index (χ4n) is 2.78. The molecule has 0 N–H and O–H groups in total. The van der Waals surface area contributed by atoms with Gasteiger partial charge < -0.3 is 9.42 Å². The van der Waals surface area contributed by atoms with Crippen molar-refractivity contribution >= 4 is 5.91 Å². The Kier molecular flexibility index (Phi) is 2.79. The van der Waals surface area contributed by atoms with Crippen LogP contribution in [0.25, 0.3) is 0 Å². The smallest absolute Gasteiger partial charge is 0.248 e. The first kappa shape index (κ1) is 12.5. The average Bonchev–Trinajstić information content (AvgIpc) is 2.99. The second-order valence-corrected chi connectivity index (χ2v) is 5.46. The van der Waals surface area contributed by atoms with Crippen LogP contribution in [0.15, 0.2) is 4.52 Å². The van der Waals surface area contributed by atoms with Crippen molar-refractivity contribution in [3.8, 4) is 0 Å². The predicted octanol–water partition coefficient (Wildman–Crippen LogP) is 1.92. The van der Waals surface area contributed by atoms with Gasteiger partial charge in [-0.1, -0.05) is 5.16 Å². The molecule has 1 saturated heterocycles. The molecular weight excluding hydrogens is 256 g/mol. The van der Waals surface area contributed by atoms with E-state index in [9.17, 15) is 13.6 Å². The second kappa shape index (κ2) is 4.25. The van der Waals surface area contributed by atoms with Crippen molar-refractivity contribution in [1.82, 2.24) is 15.0 Å². The van der Waals surface area contributed by atoms with Crippen molar-refractivity contribution in [2.75, 3.05) is 13.6 Å². The van der Waals surface area contributed by atoms with E-state index in [4.69, 9.17) is 4.52 Å². The standard InChI is InChI=1S/C12H15F2N3O2/c1-17-6-8(4-9(17)18)11-15-10(16-19-11)7-2-3-12(13,14)5-7/h7-8H,2-6H2,1H3. The predicted molar refractivity (Wildman–Crippen MR) is 60.8 cm³/mol. The normalized spacial score (nSPS) is 30.3. The van der Waals surface area contributed by atoms with Crippen molar-refractivity contribution in [2.24, 2.45) is 0 Å². The highest BCUT2D eigenvalue weighted by atomic mass is 19.3. The molecule has 2 heterocycles. The Bertz CT molecular complexity index is 503. The number of hydrogen-bond donors (Lipinski definition) is 0. The van der Waals surface area contributed by atoms with Crippen LogP contribution in [0.2, 0.25) is 0 Å². The number of carbonyl (C=O) groups excluding carboxylic acids is 1. The molecule has 1 saturated carbocycles. The summed E-state index contributed by atoms with van der Waals surface area (Å²) in [4.78, 5) is 17.3. The monoisotopic (exact) mass is 271 g/mol. The Morgan fingerprint density at radius 3 is 2.79 bits per heavy atom. The van der Waals surface area contributed by atoms with Crippen molar-refractivity contribution in [2.45, 2.75) is 43.4 Å². The van der Waals surface area contributed by atoms with E-state index in [0.29, 0.717) is 31.1 Å². The zero-order valence-electron chi connectivity index (χ0n) is 10.6. The first-order valence-corrected chi connectivity index (χ1v) is 6.40. The van der Waals surface area contributed by atoms with E-state index in [0.717, 1.165) is 0 Å². The number of alkyl halides is 2. The first-order valence-electron chi connectivity index (χ1n) is 6.40. The van der Waals surface area contributed by atoms with Gasteiger partial charge in [-0.25, -0.2) is 8.78 Å². The fraction of sp³-hybridized carbons (Fsp3) is 0.750. The third kappa shape index (κ3) is 2.33. The molecule has 7 heteroatoms. The molecule has 2 aliphatic rings. The molecule has 1 amide bonds. The summed E-state index contributed by atoms with van der Waals surface area (Å²) in [6.07, 6.45) is 0.399. The first-order chi connectivity index (χ1) is 8.94. The van der Waals surface area contributed by atoms with Crippen molar-refractivity contribution in [3.63, 3.8) is 0 Å². The number of halogens is 2. The van der Waals surface area contributed by atoms with E-state index >= 15 is 0 Å². The molecule has 3 rings (SSSR count). The number of aromatic nitrogens is 2. The fourth-order valence-corrected chi connectivity index (χ4v) is 2.78. The van der Waals surface area contributed by atoms with E-state index in [-0.39, 0.29) is 30.6 Å². The lowest BCUT2D eigenvalue weighted by Crippen LogP contribution is -2.18. The van der Waals surface area contributed by atoms with Gasteiger partial charge in [-0.05, 0) is 6.42 Å². The third-order valence-corrected chi connectivity index (χ3v) is 3.92. The minimum Gasteiger partial charge on any atom is -0.345 e. The summed E-state index contributed by atoms with van der Waals surface area (Å²) in [5.74, 6) is -2.27. The van der Waals surface area contributed by atoms with Crippen LogP contribution in [0.1, 0.15) is 49.2 Å². The van der Waals surface area contributed by atoms with Gasteiger partial charge in [0, 0.05) is 38.8 Å². The Morgan fingerprint density at radius 1 is 1.42 bits per heavy atom. The molecule has 5 nitrogen and oxygen atoms in total. The van der Waals surface area contributed by atoms with Crippen molar-refractivity contribution < 1.29 is 18.1 Å². The summed E-state index contributed by atoms with van der Waals surface area (Å²) in [7, 11) is 1.72. The highest BCUT2D eigenvalue weighted by Crippen LogP contribution is 2.43. The molecule has 0 radical (unpaired) electrons. The van der Waals surface area contributed by atoms with Gasteiger partial charge >= 0.3 is 0 Å². The lowest BCUT2D eigenvalue weighted by atomic mass is 10.1. The summed E-state index contributed by atoms with van der Waals surface area (Å²) < 4.78 is 31.4. The Balaban J connectivity index is 1.72. The molecule has 2 fully saturated rings. The van der Waals surface area contributed by atoms with Crippen LogP contribution >= 0.6 is 0 Å². The van der Waals surface area contributed by atoms with Crippen LogP contribution in [-0.2, 0) is 4.79 Å². The molecule has 104 valence electrons. The molecule has 2 atom stereocenters. The van der Waals surface area contributed by atoms with E-state index < -0.39 is 5.92 Å². The number of hydrogen-bond acceptors (Lipinski definition) is 4. The van der Waals surface area contributed by atoms with E-state index in [1.807, 2.05) is 0 Å². The molecule has 0 aromatic carbocycles. The molecule has 2 unspecified atom stereocenters. The zero-order chi connectivity index (χ0) is 13.6. The summed E-state index contributed by atoms with van der Waals surface area (Å²) in [6.45, 7) is 0.543. The molecular formula is C12H15F2N3O2. The maximum Gasteiger partial charge on any atom is 0.248 e. The number of likely N-dealkylation sites (tertiary alicyclic amines) is 1. The Labute approximate surface area is 109 Å². The average molecular weight is 271 g/mol. The van der Waals surface area contributed by atoms with Gasteiger partial charge in [0.15, 0.2) is 5.82 Å². The lowest BCUT2D eigenvalue weighted by molar-refractivity contribution is -0.126. The summed E-state index contributed by atoms with van der Waals surface area (Å²) in [5.41, 5.74) is 0. The van der Waals surface area contributed by atoms with E-state index in [1.165, 1.54) is 0 Å².